The summed E-state index contributed by atoms with van der Waals surface area (Å²) in [5.41, 5.74) is 2.52. The van der Waals surface area contributed by atoms with Gasteiger partial charge in [-0.1, -0.05) is 0 Å². The van der Waals surface area contributed by atoms with Gasteiger partial charge in [0.05, 0.1) is 17.6 Å². The number of aromatic nitrogens is 1. The lowest BCUT2D eigenvalue weighted by atomic mass is 10.3. The van der Waals surface area contributed by atoms with Crippen molar-refractivity contribution in [1.82, 2.24) is 15.2 Å². The van der Waals surface area contributed by atoms with E-state index < -0.39 is 0 Å². The van der Waals surface area contributed by atoms with E-state index in [1.807, 2.05) is 5.38 Å². The topological polar surface area (TPSA) is 62.3 Å². The summed E-state index contributed by atoms with van der Waals surface area (Å²) < 4.78 is 0. The number of nitrogens with one attached hydrogen (secondary N) is 1. The van der Waals surface area contributed by atoms with Gasteiger partial charge in [0, 0.05) is 31.4 Å². The van der Waals surface area contributed by atoms with Crippen LogP contribution in [0.4, 0.5) is 0 Å². The van der Waals surface area contributed by atoms with Crippen LogP contribution in [0.3, 0.4) is 0 Å². The molecule has 1 aromatic rings. The number of nitrogens with zero attached hydrogens (tertiary/aromatic N) is 2. The van der Waals surface area contributed by atoms with Crippen LogP contribution in [0.25, 0.3) is 0 Å². The number of carbonyl (C=O) groups is 2. The third-order valence-electron chi connectivity index (χ3n) is 2.48. The number of amides is 2. The molecule has 6 heteroatoms. The van der Waals surface area contributed by atoms with Crippen molar-refractivity contribution in [2.45, 2.75) is 12.8 Å². The van der Waals surface area contributed by atoms with Gasteiger partial charge in [0.1, 0.15) is 0 Å². The molecular formula is C10H13N3O2S. The van der Waals surface area contributed by atoms with Crippen LogP contribution in [0, 0.1) is 0 Å². The molecule has 2 amide bonds. The van der Waals surface area contributed by atoms with Gasteiger partial charge < -0.3 is 10.2 Å². The molecule has 0 aromatic carbocycles. The minimum absolute atomic E-state index is 0.0176. The fraction of sp³-hybridized carbons (Fsp3) is 0.500. The third-order valence-corrected chi connectivity index (χ3v) is 3.12. The lowest BCUT2D eigenvalue weighted by Crippen LogP contribution is -2.35. The van der Waals surface area contributed by atoms with E-state index in [0.29, 0.717) is 32.5 Å². The molecule has 5 nitrogen and oxygen atoms in total. The van der Waals surface area contributed by atoms with E-state index in [9.17, 15) is 9.59 Å². The van der Waals surface area contributed by atoms with Crippen molar-refractivity contribution in [2.75, 3.05) is 19.6 Å². The normalized spacial score (nSPS) is 16.8. The first-order chi connectivity index (χ1) is 7.75. The lowest BCUT2D eigenvalue weighted by Gasteiger charge is -2.18. The van der Waals surface area contributed by atoms with Crippen molar-refractivity contribution < 1.29 is 9.59 Å². The SMILES string of the molecule is O=C1CCN(C(=O)Cc2cscn2)CCN1. The average molecular weight is 239 g/mol. The predicted octanol–water partition coefficient (Wildman–Crippen LogP) is 0.0341. The van der Waals surface area contributed by atoms with Crippen LogP contribution in [0.5, 0.6) is 0 Å². The highest BCUT2D eigenvalue weighted by Crippen LogP contribution is 2.05. The van der Waals surface area contributed by atoms with Crippen molar-refractivity contribution in [3.63, 3.8) is 0 Å². The Morgan fingerprint density at radius 1 is 1.56 bits per heavy atom. The summed E-state index contributed by atoms with van der Waals surface area (Å²) in [6.45, 7) is 1.64. The van der Waals surface area contributed by atoms with Crippen LogP contribution >= 0.6 is 11.3 Å². The third kappa shape index (κ3) is 2.79. The first kappa shape index (κ1) is 11.1. The van der Waals surface area contributed by atoms with Crippen LogP contribution in [0.15, 0.2) is 10.9 Å². The molecule has 1 aliphatic heterocycles. The number of hydrogen-bond acceptors (Lipinski definition) is 4. The first-order valence-corrected chi connectivity index (χ1v) is 6.11. The summed E-state index contributed by atoms with van der Waals surface area (Å²) >= 11 is 1.48. The van der Waals surface area contributed by atoms with Crippen molar-refractivity contribution in [3.05, 3.63) is 16.6 Å². The lowest BCUT2D eigenvalue weighted by molar-refractivity contribution is -0.130. The number of rotatable bonds is 2. The molecule has 0 spiro atoms. The van der Waals surface area contributed by atoms with Gasteiger partial charge >= 0.3 is 0 Å². The standard InChI is InChI=1S/C10H13N3O2S/c14-9-1-3-13(4-2-11-9)10(15)5-8-6-16-7-12-8/h6-7H,1-5H2,(H,11,14). The Hall–Kier alpha value is -1.43. The van der Waals surface area contributed by atoms with E-state index in [0.717, 1.165) is 5.69 Å². The fourth-order valence-corrected chi connectivity index (χ4v) is 2.17. The molecule has 0 bridgehead atoms. The van der Waals surface area contributed by atoms with Gasteiger partial charge in [-0.05, 0) is 0 Å². The van der Waals surface area contributed by atoms with Gasteiger partial charge in [-0.3, -0.25) is 9.59 Å². The summed E-state index contributed by atoms with van der Waals surface area (Å²) in [4.78, 5) is 28.8. The number of thiazole rings is 1. The summed E-state index contributed by atoms with van der Waals surface area (Å²) in [5, 5.41) is 4.62. The van der Waals surface area contributed by atoms with Gasteiger partial charge in [-0.15, -0.1) is 11.3 Å². The molecule has 0 atom stereocenters. The Morgan fingerprint density at radius 3 is 3.19 bits per heavy atom. The minimum atomic E-state index is 0.0176. The van der Waals surface area contributed by atoms with Crippen LogP contribution in [0.2, 0.25) is 0 Å². The van der Waals surface area contributed by atoms with Gasteiger partial charge in [0.15, 0.2) is 0 Å². The molecule has 0 aliphatic carbocycles. The summed E-state index contributed by atoms with van der Waals surface area (Å²) in [6, 6.07) is 0. The van der Waals surface area contributed by atoms with Gasteiger partial charge in [-0.25, -0.2) is 4.98 Å². The zero-order valence-corrected chi connectivity index (χ0v) is 9.63. The molecule has 0 radical (unpaired) electrons. The molecule has 2 rings (SSSR count). The molecule has 86 valence electrons. The van der Waals surface area contributed by atoms with Gasteiger partial charge in [0.25, 0.3) is 0 Å². The van der Waals surface area contributed by atoms with Crippen molar-refractivity contribution in [2.24, 2.45) is 0 Å². The molecule has 1 saturated heterocycles. The van der Waals surface area contributed by atoms with Crippen LogP contribution in [-0.2, 0) is 16.0 Å². The molecule has 2 heterocycles. The maximum Gasteiger partial charge on any atom is 0.228 e. The van der Waals surface area contributed by atoms with Crippen molar-refractivity contribution >= 4 is 23.2 Å². The van der Waals surface area contributed by atoms with E-state index in [1.54, 1.807) is 10.4 Å². The minimum Gasteiger partial charge on any atom is -0.354 e. The maximum absolute atomic E-state index is 11.9. The highest BCUT2D eigenvalue weighted by molar-refractivity contribution is 7.07. The van der Waals surface area contributed by atoms with Crippen LogP contribution < -0.4 is 5.32 Å². The molecule has 1 fully saturated rings. The Labute approximate surface area is 97.5 Å². The highest BCUT2D eigenvalue weighted by atomic mass is 32.1. The highest BCUT2D eigenvalue weighted by Gasteiger charge is 2.18. The summed E-state index contributed by atoms with van der Waals surface area (Å²) in [6.07, 6.45) is 0.723. The van der Waals surface area contributed by atoms with Crippen LogP contribution in [-0.4, -0.2) is 41.3 Å². The number of carbonyl (C=O) groups excluding carboxylic acids is 2. The monoisotopic (exact) mass is 239 g/mol. The molecular weight excluding hydrogens is 226 g/mol. The van der Waals surface area contributed by atoms with Crippen molar-refractivity contribution in [3.8, 4) is 0 Å². The second-order valence-corrected chi connectivity index (χ2v) is 4.36. The Morgan fingerprint density at radius 2 is 2.44 bits per heavy atom. The molecule has 1 aromatic heterocycles. The largest absolute Gasteiger partial charge is 0.354 e. The van der Waals surface area contributed by atoms with Gasteiger partial charge in [0.2, 0.25) is 11.8 Å². The fourth-order valence-electron chi connectivity index (χ4n) is 1.61. The van der Waals surface area contributed by atoms with E-state index in [2.05, 4.69) is 10.3 Å². The second-order valence-electron chi connectivity index (χ2n) is 3.64. The quantitative estimate of drug-likeness (QED) is 0.792. The second kappa shape index (κ2) is 5.07. The molecule has 1 aliphatic rings. The number of hydrogen-bond donors (Lipinski definition) is 1. The molecule has 0 unspecified atom stereocenters. The zero-order valence-electron chi connectivity index (χ0n) is 8.81. The smallest absolute Gasteiger partial charge is 0.228 e. The summed E-state index contributed by atoms with van der Waals surface area (Å²) in [5.74, 6) is 0.0614. The Kier molecular flexibility index (Phi) is 3.51. The Balaban J connectivity index is 1.91. The van der Waals surface area contributed by atoms with E-state index in [4.69, 9.17) is 0 Å². The van der Waals surface area contributed by atoms with Crippen molar-refractivity contribution in [1.29, 1.82) is 0 Å². The van der Waals surface area contributed by atoms with E-state index >= 15 is 0 Å². The Bertz CT molecular complexity index is 377. The maximum atomic E-state index is 11.9. The molecule has 16 heavy (non-hydrogen) atoms. The molecule has 0 saturated carbocycles. The predicted molar refractivity (Wildman–Crippen MR) is 60.0 cm³/mol. The van der Waals surface area contributed by atoms with E-state index in [1.165, 1.54) is 11.3 Å². The first-order valence-electron chi connectivity index (χ1n) is 5.17. The molecule has 1 N–H and O–H groups in total. The van der Waals surface area contributed by atoms with Gasteiger partial charge in [-0.2, -0.15) is 0 Å². The summed E-state index contributed by atoms with van der Waals surface area (Å²) in [7, 11) is 0. The van der Waals surface area contributed by atoms with Crippen LogP contribution in [0.1, 0.15) is 12.1 Å². The zero-order chi connectivity index (χ0) is 11.4. The van der Waals surface area contributed by atoms with E-state index in [-0.39, 0.29) is 11.8 Å². The average Bonchev–Trinajstić information content (AvgIpc) is 2.66.